The van der Waals surface area contributed by atoms with Gasteiger partial charge < -0.3 is 14.8 Å². The molecule has 1 saturated heterocycles. The van der Waals surface area contributed by atoms with E-state index in [0.29, 0.717) is 13.1 Å². The van der Waals surface area contributed by atoms with Gasteiger partial charge in [-0.05, 0) is 29.1 Å². The Morgan fingerprint density at radius 3 is 2.74 bits per heavy atom. The molecule has 2 aromatic heterocycles. The average Bonchev–Trinajstić information content (AvgIpc) is 3.54. The molecule has 2 aliphatic rings. The van der Waals surface area contributed by atoms with Crippen LogP contribution < -0.4 is 14.8 Å². The highest BCUT2D eigenvalue weighted by atomic mass is 32.1. The fourth-order valence-corrected chi connectivity index (χ4v) is 5.32. The first-order valence-corrected chi connectivity index (χ1v) is 12.1. The van der Waals surface area contributed by atoms with Crippen molar-refractivity contribution in [1.29, 1.82) is 0 Å². The van der Waals surface area contributed by atoms with E-state index in [1.54, 1.807) is 22.7 Å². The van der Waals surface area contributed by atoms with Crippen LogP contribution in [0.1, 0.15) is 10.6 Å². The van der Waals surface area contributed by atoms with Gasteiger partial charge in [0.15, 0.2) is 11.5 Å². The molecule has 0 saturated carbocycles. The minimum atomic E-state index is 0.0478. The van der Waals surface area contributed by atoms with Crippen LogP contribution in [-0.2, 0) is 17.9 Å². The zero-order chi connectivity index (χ0) is 21.0. The van der Waals surface area contributed by atoms with Crippen molar-refractivity contribution in [3.05, 3.63) is 51.7 Å². The number of hydrogen-bond donors (Lipinski definition) is 1. The van der Waals surface area contributed by atoms with E-state index in [1.165, 1.54) is 4.88 Å². The number of hydrogen-bond acceptors (Lipinski definition) is 8. The Kier molecular flexibility index (Phi) is 6.17. The van der Waals surface area contributed by atoms with E-state index in [4.69, 9.17) is 14.5 Å². The zero-order valence-corrected chi connectivity index (χ0v) is 18.7. The quantitative estimate of drug-likeness (QED) is 0.590. The van der Waals surface area contributed by atoms with Gasteiger partial charge in [-0.3, -0.25) is 14.6 Å². The lowest BCUT2D eigenvalue weighted by Gasteiger charge is -2.33. The molecular formula is C22H24N4O3S2. The molecule has 0 unspecified atom stereocenters. The molecule has 3 aromatic rings. The van der Waals surface area contributed by atoms with Crippen LogP contribution in [0.5, 0.6) is 11.5 Å². The number of carbonyl (C=O) groups is 1. The van der Waals surface area contributed by atoms with Gasteiger partial charge in [0, 0.05) is 38.1 Å². The van der Waals surface area contributed by atoms with Gasteiger partial charge in [-0.1, -0.05) is 12.1 Å². The second kappa shape index (κ2) is 9.35. The second-order valence-corrected chi connectivity index (χ2v) is 9.51. The second-order valence-electron chi connectivity index (χ2n) is 7.62. The molecule has 1 fully saturated rings. The number of amides is 1. The summed E-state index contributed by atoms with van der Waals surface area (Å²) in [5.41, 5.74) is 2.08. The fraction of sp³-hybridized carbons (Fsp3) is 0.364. The van der Waals surface area contributed by atoms with Gasteiger partial charge in [0.05, 0.1) is 23.7 Å². The third-order valence-electron chi connectivity index (χ3n) is 5.44. The lowest BCUT2D eigenvalue weighted by Crippen LogP contribution is -2.49. The van der Waals surface area contributed by atoms with Crippen LogP contribution in [-0.4, -0.2) is 60.2 Å². The van der Waals surface area contributed by atoms with Crippen molar-refractivity contribution < 1.29 is 14.3 Å². The molecule has 0 bridgehead atoms. The van der Waals surface area contributed by atoms with Crippen molar-refractivity contribution in [3.8, 4) is 22.1 Å². The third-order valence-corrected chi connectivity index (χ3v) is 7.17. The van der Waals surface area contributed by atoms with Gasteiger partial charge in [-0.2, -0.15) is 0 Å². The van der Waals surface area contributed by atoms with Crippen LogP contribution in [0.15, 0.2) is 41.1 Å². The summed E-state index contributed by atoms with van der Waals surface area (Å²) in [6.45, 7) is 5.73. The largest absolute Gasteiger partial charge is 0.454 e. The summed E-state index contributed by atoms with van der Waals surface area (Å²) in [6.07, 6.45) is 0. The summed E-state index contributed by atoms with van der Waals surface area (Å²) in [6, 6.07) is 9.93. The number of nitrogens with zero attached hydrogens (tertiary/aromatic N) is 3. The number of thiazole rings is 1. The predicted molar refractivity (Wildman–Crippen MR) is 122 cm³/mol. The van der Waals surface area contributed by atoms with E-state index in [9.17, 15) is 4.79 Å². The molecule has 162 valence electrons. The van der Waals surface area contributed by atoms with E-state index in [2.05, 4.69) is 38.0 Å². The first-order chi connectivity index (χ1) is 15.2. The Balaban J connectivity index is 1.04. The highest BCUT2D eigenvalue weighted by Crippen LogP contribution is 2.32. The first-order valence-electron chi connectivity index (χ1n) is 10.3. The summed E-state index contributed by atoms with van der Waals surface area (Å²) in [7, 11) is 0. The highest BCUT2D eigenvalue weighted by molar-refractivity contribution is 7.14. The number of fused-ring (bicyclic) bond motifs is 1. The first kappa shape index (κ1) is 20.4. The van der Waals surface area contributed by atoms with Gasteiger partial charge in [0.25, 0.3) is 0 Å². The van der Waals surface area contributed by atoms with E-state index < -0.39 is 0 Å². The van der Waals surface area contributed by atoms with E-state index >= 15 is 0 Å². The Bertz CT molecular complexity index is 1030. The standard InChI is InChI=1S/C22H24N4O3S2/c27-21(23-11-16-3-4-18-19(10-16)29-15-28-18)12-25-5-7-26(8-6-25)13-22-24-17(14-31-22)20-2-1-9-30-20/h1-4,9-10,14H,5-8,11-13,15H2,(H,23,27). The number of nitrogens with one attached hydrogen (secondary N) is 1. The molecular weight excluding hydrogens is 432 g/mol. The maximum atomic E-state index is 12.4. The normalized spacial score (nSPS) is 16.5. The third kappa shape index (κ3) is 5.07. The number of carbonyl (C=O) groups excluding carboxylic acids is 1. The molecule has 1 N–H and O–H groups in total. The van der Waals surface area contributed by atoms with Crippen molar-refractivity contribution in [2.45, 2.75) is 13.1 Å². The summed E-state index contributed by atoms with van der Waals surface area (Å²) >= 11 is 3.45. The number of rotatable bonds is 7. The summed E-state index contributed by atoms with van der Waals surface area (Å²) in [5, 5.41) is 8.38. The van der Waals surface area contributed by atoms with Crippen molar-refractivity contribution >= 4 is 28.6 Å². The molecule has 0 spiro atoms. The SMILES string of the molecule is O=C(CN1CCN(Cc2nc(-c3cccs3)cs2)CC1)NCc1ccc2c(c1)OCO2. The molecule has 7 nitrogen and oxygen atoms in total. The minimum absolute atomic E-state index is 0.0478. The van der Waals surface area contributed by atoms with Gasteiger partial charge in [0.2, 0.25) is 12.7 Å². The van der Waals surface area contributed by atoms with Gasteiger partial charge in [-0.25, -0.2) is 4.98 Å². The number of aromatic nitrogens is 1. The van der Waals surface area contributed by atoms with Crippen molar-refractivity contribution in [2.75, 3.05) is 39.5 Å². The number of piperazine rings is 1. The Morgan fingerprint density at radius 1 is 1.06 bits per heavy atom. The van der Waals surface area contributed by atoms with Gasteiger partial charge in [0.1, 0.15) is 5.01 Å². The molecule has 0 atom stereocenters. The maximum Gasteiger partial charge on any atom is 0.234 e. The molecule has 31 heavy (non-hydrogen) atoms. The Morgan fingerprint density at radius 2 is 1.90 bits per heavy atom. The zero-order valence-electron chi connectivity index (χ0n) is 17.1. The van der Waals surface area contributed by atoms with Crippen molar-refractivity contribution in [2.24, 2.45) is 0 Å². The van der Waals surface area contributed by atoms with E-state index in [1.807, 2.05) is 18.2 Å². The van der Waals surface area contributed by atoms with Gasteiger partial charge >= 0.3 is 0 Å². The molecule has 1 amide bonds. The van der Waals surface area contributed by atoms with Crippen LogP contribution in [0.2, 0.25) is 0 Å². The monoisotopic (exact) mass is 456 g/mol. The Hall–Kier alpha value is -2.46. The summed E-state index contributed by atoms with van der Waals surface area (Å²) < 4.78 is 10.7. The molecule has 1 aromatic carbocycles. The number of benzene rings is 1. The van der Waals surface area contributed by atoms with E-state index in [0.717, 1.165) is 60.5 Å². The molecule has 5 rings (SSSR count). The molecule has 4 heterocycles. The van der Waals surface area contributed by atoms with E-state index in [-0.39, 0.29) is 12.7 Å². The van der Waals surface area contributed by atoms with Crippen molar-refractivity contribution in [1.82, 2.24) is 20.1 Å². The molecule has 0 aliphatic carbocycles. The topological polar surface area (TPSA) is 66.9 Å². The average molecular weight is 457 g/mol. The van der Waals surface area contributed by atoms with Crippen LogP contribution in [0, 0.1) is 0 Å². The lowest BCUT2D eigenvalue weighted by molar-refractivity contribution is -0.122. The molecule has 0 radical (unpaired) electrons. The summed E-state index contributed by atoms with van der Waals surface area (Å²) in [5.74, 6) is 1.55. The number of thiophene rings is 1. The summed E-state index contributed by atoms with van der Waals surface area (Å²) in [4.78, 5) is 23.0. The smallest absolute Gasteiger partial charge is 0.234 e. The highest BCUT2D eigenvalue weighted by Gasteiger charge is 2.20. The van der Waals surface area contributed by atoms with Crippen LogP contribution in [0.4, 0.5) is 0 Å². The molecule has 9 heteroatoms. The minimum Gasteiger partial charge on any atom is -0.454 e. The fourth-order valence-electron chi connectivity index (χ4n) is 3.73. The van der Waals surface area contributed by atoms with Gasteiger partial charge in [-0.15, -0.1) is 22.7 Å². The van der Waals surface area contributed by atoms with Crippen LogP contribution >= 0.6 is 22.7 Å². The van der Waals surface area contributed by atoms with Crippen molar-refractivity contribution in [3.63, 3.8) is 0 Å². The molecule has 2 aliphatic heterocycles. The predicted octanol–water partition coefficient (Wildman–Crippen LogP) is 3.03. The van der Waals surface area contributed by atoms with Crippen LogP contribution in [0.25, 0.3) is 10.6 Å². The number of ether oxygens (including phenoxy) is 2. The Labute approximate surface area is 189 Å². The van der Waals surface area contributed by atoms with Crippen LogP contribution in [0.3, 0.4) is 0 Å². The lowest BCUT2D eigenvalue weighted by atomic mass is 10.2. The maximum absolute atomic E-state index is 12.4.